The van der Waals surface area contributed by atoms with Gasteiger partial charge in [0, 0.05) is 12.2 Å². The van der Waals surface area contributed by atoms with Gasteiger partial charge in [0.15, 0.2) is 11.0 Å². The highest BCUT2D eigenvalue weighted by Crippen LogP contribution is 2.52. The molecule has 7 nitrogen and oxygen atoms in total. The second-order valence-corrected chi connectivity index (χ2v) is 7.90. The van der Waals surface area contributed by atoms with E-state index in [2.05, 4.69) is 15.1 Å². The summed E-state index contributed by atoms with van der Waals surface area (Å²) in [6.07, 6.45) is 1.93. The van der Waals surface area contributed by atoms with Crippen molar-refractivity contribution in [1.29, 1.82) is 0 Å². The SMILES string of the molecule is Nc1ncc2c(Cl)nc(-c3ccc(C4(C(F)F)CC4)cc3)n2n1.OC1CCCOC1. The summed E-state index contributed by atoms with van der Waals surface area (Å²) in [5, 5.41) is 13.1. The molecular formula is C20H22ClF2N5O2. The Morgan fingerprint density at radius 3 is 2.53 bits per heavy atom. The highest BCUT2D eigenvalue weighted by Gasteiger charge is 2.52. The largest absolute Gasteiger partial charge is 0.391 e. The van der Waals surface area contributed by atoms with Crippen molar-refractivity contribution >= 4 is 23.1 Å². The summed E-state index contributed by atoms with van der Waals surface area (Å²) in [7, 11) is 0. The van der Waals surface area contributed by atoms with Gasteiger partial charge in [0.1, 0.15) is 5.52 Å². The van der Waals surface area contributed by atoms with E-state index in [0.29, 0.717) is 36.4 Å². The molecule has 3 heterocycles. The maximum absolute atomic E-state index is 13.2. The molecule has 10 heteroatoms. The lowest BCUT2D eigenvalue weighted by atomic mass is 9.95. The van der Waals surface area contributed by atoms with E-state index in [4.69, 9.17) is 27.2 Å². The maximum Gasteiger partial charge on any atom is 0.248 e. The van der Waals surface area contributed by atoms with Crippen LogP contribution < -0.4 is 5.73 Å². The molecular weight excluding hydrogens is 416 g/mol. The molecule has 2 fully saturated rings. The first-order chi connectivity index (χ1) is 14.4. The standard InChI is InChI=1S/C15H12ClF2N5.C5H10O2/c16-11-10-7-20-14(19)22-23(10)12(21-11)8-1-3-9(4-2-8)15(5-6-15)13(17)18;6-5-2-1-3-7-4-5/h1-4,7,13H,5-6H2,(H2,19,22);5-6H,1-4H2. The molecule has 160 valence electrons. The molecule has 1 saturated carbocycles. The lowest BCUT2D eigenvalue weighted by Gasteiger charge is -2.15. The van der Waals surface area contributed by atoms with Crippen LogP contribution in [0.2, 0.25) is 5.15 Å². The van der Waals surface area contributed by atoms with Gasteiger partial charge in [-0.1, -0.05) is 35.9 Å². The van der Waals surface area contributed by atoms with E-state index in [9.17, 15) is 8.78 Å². The van der Waals surface area contributed by atoms with Gasteiger partial charge in [-0.2, -0.15) is 0 Å². The fourth-order valence-electron chi connectivity index (χ4n) is 3.49. The Balaban J connectivity index is 0.000000265. The predicted molar refractivity (Wildman–Crippen MR) is 109 cm³/mol. The fourth-order valence-corrected chi connectivity index (χ4v) is 3.70. The Morgan fingerprint density at radius 1 is 1.27 bits per heavy atom. The van der Waals surface area contributed by atoms with E-state index in [1.54, 1.807) is 24.3 Å². The molecule has 1 unspecified atom stereocenters. The molecule has 2 aromatic heterocycles. The van der Waals surface area contributed by atoms with Crippen LogP contribution in [0.4, 0.5) is 14.7 Å². The van der Waals surface area contributed by atoms with E-state index in [1.165, 1.54) is 10.7 Å². The van der Waals surface area contributed by atoms with Crippen molar-refractivity contribution in [3.05, 3.63) is 41.2 Å². The minimum atomic E-state index is -2.34. The van der Waals surface area contributed by atoms with Gasteiger partial charge >= 0.3 is 0 Å². The van der Waals surface area contributed by atoms with Gasteiger partial charge in [0.25, 0.3) is 0 Å². The monoisotopic (exact) mass is 437 g/mol. The topological polar surface area (TPSA) is 98.6 Å². The Hall–Kier alpha value is -2.36. The first kappa shape index (κ1) is 20.9. The van der Waals surface area contributed by atoms with Crippen LogP contribution in [0.3, 0.4) is 0 Å². The molecule has 30 heavy (non-hydrogen) atoms. The molecule has 1 aromatic carbocycles. The Bertz CT molecular complexity index is 1020. The number of fused-ring (bicyclic) bond motifs is 1. The van der Waals surface area contributed by atoms with E-state index >= 15 is 0 Å². The van der Waals surface area contributed by atoms with Crippen molar-refractivity contribution in [3.8, 4) is 11.4 Å². The summed E-state index contributed by atoms with van der Waals surface area (Å²) in [6.45, 7) is 1.37. The lowest BCUT2D eigenvalue weighted by Crippen LogP contribution is -2.21. The van der Waals surface area contributed by atoms with Crippen molar-refractivity contribution in [2.24, 2.45) is 0 Å². The van der Waals surface area contributed by atoms with Crippen molar-refractivity contribution < 1.29 is 18.6 Å². The van der Waals surface area contributed by atoms with Crippen LogP contribution in [0.5, 0.6) is 0 Å². The number of nitrogen functional groups attached to an aromatic ring is 1. The van der Waals surface area contributed by atoms with E-state index < -0.39 is 11.8 Å². The second kappa shape index (κ2) is 8.41. The quantitative estimate of drug-likeness (QED) is 0.651. The van der Waals surface area contributed by atoms with Crippen LogP contribution in [0.1, 0.15) is 31.2 Å². The molecule has 0 amide bonds. The van der Waals surface area contributed by atoms with Gasteiger partial charge in [-0.3, -0.25) is 0 Å². The first-order valence-electron chi connectivity index (χ1n) is 9.72. The second-order valence-electron chi connectivity index (χ2n) is 7.54. The third-order valence-electron chi connectivity index (χ3n) is 5.43. The Kier molecular flexibility index (Phi) is 5.86. The summed E-state index contributed by atoms with van der Waals surface area (Å²) in [6, 6.07) is 6.93. The number of halogens is 3. The average molecular weight is 438 g/mol. The highest BCUT2D eigenvalue weighted by molar-refractivity contribution is 6.32. The third-order valence-corrected chi connectivity index (χ3v) is 5.70. The molecule has 1 aliphatic heterocycles. The molecule has 3 N–H and O–H groups in total. The van der Waals surface area contributed by atoms with Crippen molar-refractivity contribution in [2.75, 3.05) is 18.9 Å². The fraction of sp³-hybridized carbons (Fsp3) is 0.450. The number of anilines is 1. The van der Waals surface area contributed by atoms with E-state index in [1.807, 2.05) is 0 Å². The van der Waals surface area contributed by atoms with Crippen LogP contribution >= 0.6 is 11.6 Å². The number of ether oxygens (including phenoxy) is 1. The smallest absolute Gasteiger partial charge is 0.248 e. The maximum atomic E-state index is 13.2. The Labute approximate surface area is 176 Å². The number of rotatable bonds is 3. The number of nitrogens with zero attached hydrogens (tertiary/aromatic N) is 4. The zero-order valence-electron chi connectivity index (χ0n) is 16.1. The van der Waals surface area contributed by atoms with Gasteiger partial charge in [0.2, 0.25) is 12.4 Å². The van der Waals surface area contributed by atoms with Crippen LogP contribution in [0, 0.1) is 0 Å². The predicted octanol–water partition coefficient (Wildman–Crippen LogP) is 3.48. The normalized spacial score (nSPS) is 20.1. The molecule has 3 aromatic rings. The van der Waals surface area contributed by atoms with E-state index in [-0.39, 0.29) is 17.2 Å². The number of nitrogens with two attached hydrogens (primary N) is 1. The van der Waals surface area contributed by atoms with Crippen molar-refractivity contribution in [3.63, 3.8) is 0 Å². The number of imidazole rings is 1. The van der Waals surface area contributed by atoms with Crippen LogP contribution in [-0.2, 0) is 10.2 Å². The Morgan fingerprint density at radius 2 is 2.00 bits per heavy atom. The number of alkyl halides is 2. The van der Waals surface area contributed by atoms with E-state index in [0.717, 1.165) is 25.0 Å². The molecule has 0 spiro atoms. The van der Waals surface area contributed by atoms with Crippen molar-refractivity contribution in [1.82, 2.24) is 19.6 Å². The zero-order chi connectivity index (χ0) is 21.3. The van der Waals surface area contributed by atoms with Gasteiger partial charge in [-0.25, -0.2) is 23.3 Å². The third kappa shape index (κ3) is 4.10. The number of hydrogen-bond acceptors (Lipinski definition) is 6. The lowest BCUT2D eigenvalue weighted by molar-refractivity contribution is -0.00535. The number of aliphatic hydroxyl groups excluding tert-OH is 1. The molecule has 5 rings (SSSR count). The summed E-state index contributed by atoms with van der Waals surface area (Å²) in [4.78, 5) is 8.15. The molecule has 0 bridgehead atoms. The van der Waals surface area contributed by atoms with Gasteiger partial charge < -0.3 is 15.6 Å². The van der Waals surface area contributed by atoms with Crippen LogP contribution in [0.15, 0.2) is 30.5 Å². The number of aliphatic hydroxyl groups is 1. The van der Waals surface area contributed by atoms with Gasteiger partial charge in [-0.05, 0) is 31.2 Å². The number of hydrogen-bond donors (Lipinski definition) is 2. The van der Waals surface area contributed by atoms with Crippen LogP contribution in [-0.4, -0.2) is 50.4 Å². The number of aromatic nitrogens is 4. The van der Waals surface area contributed by atoms with Gasteiger partial charge in [0.05, 0.1) is 24.3 Å². The van der Waals surface area contributed by atoms with Gasteiger partial charge in [-0.15, -0.1) is 5.10 Å². The summed E-state index contributed by atoms with van der Waals surface area (Å²) < 4.78 is 32.8. The average Bonchev–Trinajstić information content (AvgIpc) is 3.49. The molecule has 2 aliphatic rings. The molecule has 1 aliphatic carbocycles. The number of benzene rings is 1. The summed E-state index contributed by atoms with van der Waals surface area (Å²) >= 11 is 6.08. The zero-order valence-corrected chi connectivity index (χ0v) is 16.9. The van der Waals surface area contributed by atoms with Crippen LogP contribution in [0.25, 0.3) is 16.9 Å². The molecule has 1 atom stereocenters. The minimum Gasteiger partial charge on any atom is -0.391 e. The summed E-state index contributed by atoms with van der Waals surface area (Å²) in [5.41, 5.74) is 6.54. The first-order valence-corrected chi connectivity index (χ1v) is 10.1. The minimum absolute atomic E-state index is 0.0964. The van der Waals surface area contributed by atoms with Crippen molar-refractivity contribution in [2.45, 2.75) is 43.6 Å². The molecule has 0 radical (unpaired) electrons. The summed E-state index contributed by atoms with van der Waals surface area (Å²) in [5.74, 6) is 0.589. The highest BCUT2D eigenvalue weighted by atomic mass is 35.5. The molecule has 1 saturated heterocycles.